The summed E-state index contributed by atoms with van der Waals surface area (Å²) in [6.45, 7) is -1.09. The van der Waals surface area contributed by atoms with Gasteiger partial charge in [0.05, 0.1) is 6.20 Å². The van der Waals surface area contributed by atoms with Crippen LogP contribution in [0.1, 0.15) is 0 Å². The number of halogens is 5. The molecule has 0 aliphatic rings. The van der Waals surface area contributed by atoms with Crippen molar-refractivity contribution in [1.29, 1.82) is 0 Å². The van der Waals surface area contributed by atoms with Crippen LogP contribution >= 0.6 is 27.3 Å². The van der Waals surface area contributed by atoms with Crippen LogP contribution in [0, 0.1) is 5.82 Å². The van der Waals surface area contributed by atoms with Gasteiger partial charge < -0.3 is 4.90 Å². The van der Waals surface area contributed by atoms with Gasteiger partial charge in [-0.05, 0) is 22.0 Å². The van der Waals surface area contributed by atoms with E-state index in [2.05, 4.69) is 25.9 Å². The quantitative estimate of drug-likeness (QED) is 0.762. The minimum absolute atomic E-state index is 0.286. The molecule has 0 spiro atoms. The van der Waals surface area contributed by atoms with Crippen LogP contribution in [0.4, 0.5) is 22.6 Å². The number of aromatic nitrogens is 2. The fraction of sp³-hybridized carbons (Fsp3) is 0.273. The molecule has 2 aromatic heterocycles. The summed E-state index contributed by atoms with van der Waals surface area (Å²) >= 11 is 4.15. The Morgan fingerprint density at radius 2 is 2.05 bits per heavy atom. The Morgan fingerprint density at radius 1 is 1.35 bits per heavy atom. The van der Waals surface area contributed by atoms with Gasteiger partial charge in [0.15, 0.2) is 0 Å². The van der Waals surface area contributed by atoms with Crippen LogP contribution in [0.2, 0.25) is 0 Å². The third-order valence-electron chi connectivity index (χ3n) is 2.28. The largest absolute Gasteiger partial charge is 0.405 e. The van der Waals surface area contributed by atoms with Crippen LogP contribution in [0.25, 0.3) is 10.6 Å². The molecule has 0 radical (unpaired) electrons. The predicted octanol–water partition coefficient (Wildman–Crippen LogP) is 4.11. The average Bonchev–Trinajstić information content (AvgIpc) is 2.69. The number of hydrogen-bond donors (Lipinski definition) is 0. The maximum absolute atomic E-state index is 13.1. The summed E-state index contributed by atoms with van der Waals surface area (Å²) in [5, 5.41) is 0.717. The van der Waals surface area contributed by atoms with Crippen molar-refractivity contribution < 1.29 is 17.6 Å². The molecular formula is C11H8BrF4N3S. The first kappa shape index (κ1) is 15.2. The van der Waals surface area contributed by atoms with E-state index in [1.807, 2.05) is 0 Å². The lowest BCUT2D eigenvalue weighted by Gasteiger charge is -2.18. The summed E-state index contributed by atoms with van der Waals surface area (Å²) in [6, 6.07) is 1.23. The average molecular weight is 370 g/mol. The molecule has 2 aromatic rings. The highest BCUT2D eigenvalue weighted by Crippen LogP contribution is 2.38. The zero-order valence-electron chi connectivity index (χ0n) is 10.1. The molecule has 3 nitrogen and oxygen atoms in total. The Morgan fingerprint density at radius 3 is 2.65 bits per heavy atom. The van der Waals surface area contributed by atoms with E-state index in [9.17, 15) is 17.6 Å². The van der Waals surface area contributed by atoms with E-state index in [-0.39, 0.29) is 4.60 Å². The second-order valence-electron chi connectivity index (χ2n) is 3.98. The first-order chi connectivity index (χ1) is 9.26. The lowest BCUT2D eigenvalue weighted by Crippen LogP contribution is -2.30. The smallest absolute Gasteiger partial charge is 0.355 e. The van der Waals surface area contributed by atoms with E-state index in [1.54, 1.807) is 0 Å². The van der Waals surface area contributed by atoms with E-state index in [0.29, 0.717) is 15.6 Å². The lowest BCUT2D eigenvalue weighted by atomic mass is 10.3. The molecule has 9 heteroatoms. The second-order valence-corrected chi connectivity index (χ2v) is 5.71. The van der Waals surface area contributed by atoms with E-state index in [4.69, 9.17) is 0 Å². The highest BCUT2D eigenvalue weighted by atomic mass is 79.9. The van der Waals surface area contributed by atoms with Gasteiger partial charge in [0, 0.05) is 18.8 Å². The molecule has 108 valence electrons. The molecule has 0 saturated carbocycles. The van der Waals surface area contributed by atoms with E-state index in [0.717, 1.165) is 22.4 Å². The fourth-order valence-electron chi connectivity index (χ4n) is 1.52. The van der Waals surface area contributed by atoms with Crippen LogP contribution in [0.5, 0.6) is 0 Å². The topological polar surface area (TPSA) is 29.0 Å². The minimum atomic E-state index is -4.31. The summed E-state index contributed by atoms with van der Waals surface area (Å²) in [6.07, 6.45) is -1.86. The van der Waals surface area contributed by atoms with Crippen molar-refractivity contribution in [3.05, 3.63) is 28.9 Å². The molecule has 0 bridgehead atoms. The summed E-state index contributed by atoms with van der Waals surface area (Å²) in [7, 11) is 1.32. The highest BCUT2D eigenvalue weighted by Gasteiger charge is 2.31. The molecule has 0 atom stereocenters. The Kier molecular flexibility index (Phi) is 4.28. The molecule has 2 heterocycles. The van der Waals surface area contributed by atoms with Crippen LogP contribution < -0.4 is 4.90 Å². The first-order valence-corrected chi connectivity index (χ1v) is 6.92. The predicted molar refractivity (Wildman–Crippen MR) is 72.3 cm³/mol. The third kappa shape index (κ3) is 3.66. The minimum Gasteiger partial charge on any atom is -0.355 e. The number of hydrogen-bond acceptors (Lipinski definition) is 4. The molecule has 0 aromatic carbocycles. The van der Waals surface area contributed by atoms with Gasteiger partial charge in [0.2, 0.25) is 0 Å². The van der Waals surface area contributed by atoms with Gasteiger partial charge in [-0.25, -0.2) is 9.37 Å². The van der Waals surface area contributed by atoms with Gasteiger partial charge in [-0.2, -0.15) is 13.2 Å². The van der Waals surface area contributed by atoms with Gasteiger partial charge in [-0.1, -0.05) is 11.3 Å². The van der Waals surface area contributed by atoms with Gasteiger partial charge in [-0.15, -0.1) is 0 Å². The molecule has 0 aliphatic carbocycles. The standard InChI is InChI=1S/C11H8BrF4N3S/c1-19(5-11(14,15)16)10-8(12)18-9(20-10)6-2-7(13)4-17-3-6/h2-4H,5H2,1H3. The summed E-state index contributed by atoms with van der Waals surface area (Å²) in [4.78, 5) is 8.82. The number of anilines is 1. The Labute approximate surface area is 124 Å². The van der Waals surface area contributed by atoms with Crippen molar-refractivity contribution in [3.8, 4) is 10.6 Å². The molecule has 0 N–H and O–H groups in total. The van der Waals surface area contributed by atoms with Gasteiger partial charge in [-0.3, -0.25) is 4.98 Å². The number of rotatable bonds is 3. The highest BCUT2D eigenvalue weighted by molar-refractivity contribution is 9.10. The SMILES string of the molecule is CN(CC(F)(F)F)c1sc(-c2cncc(F)c2)nc1Br. The van der Waals surface area contributed by atoms with Crippen LogP contribution in [-0.4, -0.2) is 29.7 Å². The number of pyridine rings is 1. The van der Waals surface area contributed by atoms with Crippen molar-refractivity contribution >= 4 is 32.3 Å². The van der Waals surface area contributed by atoms with Gasteiger partial charge >= 0.3 is 6.18 Å². The maximum Gasteiger partial charge on any atom is 0.405 e. The van der Waals surface area contributed by atoms with E-state index in [1.165, 1.54) is 19.3 Å². The molecule has 0 aliphatic heterocycles. The van der Waals surface area contributed by atoms with Crippen LogP contribution in [-0.2, 0) is 0 Å². The summed E-state index contributed by atoms with van der Waals surface area (Å²) in [5.41, 5.74) is 0.419. The third-order valence-corrected chi connectivity index (χ3v) is 4.32. The zero-order valence-corrected chi connectivity index (χ0v) is 12.5. The van der Waals surface area contributed by atoms with Crippen molar-refractivity contribution in [2.75, 3.05) is 18.5 Å². The number of thiazole rings is 1. The van der Waals surface area contributed by atoms with Crippen molar-refractivity contribution in [2.45, 2.75) is 6.18 Å². The molecule has 0 amide bonds. The van der Waals surface area contributed by atoms with Gasteiger partial charge in [0.1, 0.15) is 27.0 Å². The van der Waals surface area contributed by atoms with Crippen molar-refractivity contribution in [3.63, 3.8) is 0 Å². The summed E-state index contributed by atoms with van der Waals surface area (Å²) < 4.78 is 50.5. The first-order valence-electron chi connectivity index (χ1n) is 5.31. The Bertz CT molecular complexity index is 614. The molecule has 0 saturated heterocycles. The normalized spacial score (nSPS) is 11.7. The Balaban J connectivity index is 2.30. The monoisotopic (exact) mass is 369 g/mol. The number of alkyl halides is 3. The van der Waals surface area contributed by atoms with E-state index >= 15 is 0 Å². The fourth-order valence-corrected chi connectivity index (χ4v) is 3.26. The number of nitrogens with zero attached hydrogens (tertiary/aromatic N) is 3. The molecule has 0 unspecified atom stereocenters. The molecule has 0 fully saturated rings. The zero-order chi connectivity index (χ0) is 14.9. The van der Waals surface area contributed by atoms with Crippen molar-refractivity contribution in [1.82, 2.24) is 9.97 Å². The molecule has 2 rings (SSSR count). The lowest BCUT2D eigenvalue weighted by molar-refractivity contribution is -0.119. The van der Waals surface area contributed by atoms with Crippen LogP contribution in [0.15, 0.2) is 23.1 Å². The second kappa shape index (κ2) is 5.65. The Hall–Kier alpha value is -1.22. The van der Waals surface area contributed by atoms with E-state index < -0.39 is 18.5 Å². The maximum atomic E-state index is 13.1. The molecule has 20 heavy (non-hydrogen) atoms. The summed E-state index contributed by atoms with van der Waals surface area (Å²) in [5.74, 6) is -0.529. The molecular weight excluding hydrogens is 362 g/mol. The van der Waals surface area contributed by atoms with Crippen LogP contribution in [0.3, 0.4) is 0 Å². The van der Waals surface area contributed by atoms with Crippen molar-refractivity contribution in [2.24, 2.45) is 0 Å². The van der Waals surface area contributed by atoms with Gasteiger partial charge in [0.25, 0.3) is 0 Å².